The number of aromatic nitrogens is 3. The third-order valence-corrected chi connectivity index (χ3v) is 4.84. The molecule has 1 aliphatic heterocycles. The van der Waals surface area contributed by atoms with Crippen LogP contribution < -0.4 is 5.73 Å². The third kappa shape index (κ3) is 3.93. The topological polar surface area (TPSA) is 91.7 Å². The number of fused-ring (bicyclic) bond motifs is 1. The largest absolute Gasteiger partial charge is 0.463 e. The molecule has 7 nitrogen and oxygen atoms in total. The van der Waals surface area contributed by atoms with Gasteiger partial charge in [-0.3, -0.25) is 4.79 Å². The summed E-state index contributed by atoms with van der Waals surface area (Å²) in [6, 6.07) is 13.8. The normalized spacial score (nSPS) is 19.4. The van der Waals surface area contributed by atoms with Crippen LogP contribution >= 0.6 is 0 Å². The molecule has 0 bridgehead atoms. The minimum absolute atomic E-state index is 0.0881. The van der Waals surface area contributed by atoms with Crippen LogP contribution in [0.2, 0.25) is 0 Å². The van der Waals surface area contributed by atoms with Crippen molar-refractivity contribution in [2.24, 2.45) is 0 Å². The maximum Gasteiger partial charge on any atom is 0.306 e. The highest BCUT2D eigenvalue weighted by molar-refractivity contribution is 5.69. The number of carbonyl (C=O) groups is 1. The van der Waals surface area contributed by atoms with Gasteiger partial charge in [-0.25, -0.2) is 9.50 Å². The molecule has 2 unspecified atom stereocenters. The van der Waals surface area contributed by atoms with Gasteiger partial charge in [-0.05, 0) is 37.0 Å². The summed E-state index contributed by atoms with van der Waals surface area (Å²) in [6.07, 6.45) is 4.00. The fourth-order valence-electron chi connectivity index (χ4n) is 3.41. The van der Waals surface area contributed by atoms with E-state index in [0.29, 0.717) is 18.7 Å². The van der Waals surface area contributed by atoms with Crippen LogP contribution in [0, 0.1) is 0 Å². The summed E-state index contributed by atoms with van der Waals surface area (Å²) in [7, 11) is 0. The minimum Gasteiger partial charge on any atom is -0.463 e. The van der Waals surface area contributed by atoms with E-state index in [1.165, 1.54) is 6.33 Å². The van der Waals surface area contributed by atoms with Crippen LogP contribution in [0.15, 0.2) is 48.8 Å². The summed E-state index contributed by atoms with van der Waals surface area (Å²) in [5, 5.41) is 4.26. The Balaban J connectivity index is 1.28. The molecule has 0 aliphatic carbocycles. The lowest BCUT2D eigenvalue weighted by atomic mass is 10.1. The van der Waals surface area contributed by atoms with E-state index in [1.54, 1.807) is 4.52 Å². The molecule has 27 heavy (non-hydrogen) atoms. The van der Waals surface area contributed by atoms with Gasteiger partial charge in [0.1, 0.15) is 24.6 Å². The standard InChI is InChI=1S/C20H22N4O3/c21-20-17-9-8-16(24(17)23-13-22-20)18-10-7-15(27-18)12-26-19(25)11-6-14-4-2-1-3-5-14/h1-5,8-9,13,15,18H,6-7,10-12H2,(H2,21,22,23). The Morgan fingerprint density at radius 1 is 1.22 bits per heavy atom. The zero-order valence-corrected chi connectivity index (χ0v) is 15.0. The first-order chi connectivity index (χ1) is 13.2. The smallest absolute Gasteiger partial charge is 0.306 e. The first-order valence-electron chi connectivity index (χ1n) is 9.14. The number of anilines is 1. The van der Waals surface area contributed by atoms with E-state index in [1.807, 2.05) is 42.5 Å². The van der Waals surface area contributed by atoms with Crippen LogP contribution in [0.3, 0.4) is 0 Å². The Bertz CT molecular complexity index is 925. The number of nitrogen functional groups attached to an aromatic ring is 1. The summed E-state index contributed by atoms with van der Waals surface area (Å²) >= 11 is 0. The van der Waals surface area contributed by atoms with Crippen LogP contribution in [0.25, 0.3) is 5.52 Å². The molecule has 1 aromatic carbocycles. The summed E-state index contributed by atoms with van der Waals surface area (Å²) in [6.45, 7) is 0.282. The molecule has 0 spiro atoms. The highest BCUT2D eigenvalue weighted by Gasteiger charge is 2.29. The Hall–Kier alpha value is -2.93. The summed E-state index contributed by atoms with van der Waals surface area (Å²) in [5.41, 5.74) is 8.72. The maximum atomic E-state index is 12.0. The molecule has 1 saturated heterocycles. The number of rotatable bonds is 6. The van der Waals surface area contributed by atoms with Crippen molar-refractivity contribution >= 4 is 17.3 Å². The first kappa shape index (κ1) is 17.5. The van der Waals surface area contributed by atoms with Crippen LogP contribution in [0.4, 0.5) is 5.82 Å². The molecule has 140 valence electrons. The molecule has 4 rings (SSSR count). The van der Waals surface area contributed by atoms with Crippen molar-refractivity contribution < 1.29 is 14.3 Å². The number of nitrogens with two attached hydrogens (primary N) is 1. The predicted octanol–water partition coefficient (Wildman–Crippen LogP) is 2.71. The number of aryl methyl sites for hydroxylation is 1. The van der Waals surface area contributed by atoms with Crippen molar-refractivity contribution in [2.75, 3.05) is 12.3 Å². The third-order valence-electron chi connectivity index (χ3n) is 4.84. The van der Waals surface area contributed by atoms with Gasteiger partial charge in [0, 0.05) is 6.42 Å². The molecular formula is C20H22N4O3. The van der Waals surface area contributed by atoms with Gasteiger partial charge >= 0.3 is 5.97 Å². The van der Waals surface area contributed by atoms with E-state index in [-0.39, 0.29) is 24.8 Å². The lowest BCUT2D eigenvalue weighted by Gasteiger charge is -2.14. The second-order valence-corrected chi connectivity index (χ2v) is 6.69. The van der Waals surface area contributed by atoms with E-state index < -0.39 is 0 Å². The molecule has 3 aromatic rings. The second kappa shape index (κ2) is 7.75. The minimum atomic E-state index is -0.195. The molecule has 3 heterocycles. The average molecular weight is 366 g/mol. The van der Waals surface area contributed by atoms with Gasteiger partial charge in [-0.1, -0.05) is 30.3 Å². The van der Waals surface area contributed by atoms with E-state index in [9.17, 15) is 4.79 Å². The molecule has 7 heteroatoms. The van der Waals surface area contributed by atoms with Gasteiger partial charge < -0.3 is 15.2 Å². The molecular weight excluding hydrogens is 344 g/mol. The van der Waals surface area contributed by atoms with E-state index >= 15 is 0 Å². The monoisotopic (exact) mass is 366 g/mol. The Morgan fingerprint density at radius 3 is 2.93 bits per heavy atom. The first-order valence-corrected chi connectivity index (χ1v) is 9.14. The molecule has 2 N–H and O–H groups in total. The molecule has 0 amide bonds. The summed E-state index contributed by atoms with van der Waals surface area (Å²) in [5.74, 6) is 0.248. The van der Waals surface area contributed by atoms with Gasteiger partial charge in [0.25, 0.3) is 0 Å². The van der Waals surface area contributed by atoms with Gasteiger partial charge in [0.15, 0.2) is 5.82 Å². The number of ether oxygens (including phenoxy) is 2. The van der Waals surface area contributed by atoms with Crippen LogP contribution in [-0.4, -0.2) is 33.3 Å². The van der Waals surface area contributed by atoms with Crippen molar-refractivity contribution in [1.29, 1.82) is 0 Å². The summed E-state index contributed by atoms with van der Waals surface area (Å²) in [4.78, 5) is 16.0. The zero-order chi connectivity index (χ0) is 18.6. The van der Waals surface area contributed by atoms with Gasteiger partial charge in [0.05, 0.1) is 11.8 Å². The number of esters is 1. The van der Waals surface area contributed by atoms with Gasteiger partial charge in [-0.2, -0.15) is 5.10 Å². The quantitative estimate of drug-likeness (QED) is 0.675. The van der Waals surface area contributed by atoms with Crippen LogP contribution in [0.1, 0.15) is 36.6 Å². The number of carbonyl (C=O) groups excluding carboxylic acids is 1. The lowest BCUT2D eigenvalue weighted by molar-refractivity contribution is -0.147. The Morgan fingerprint density at radius 2 is 2.07 bits per heavy atom. The maximum absolute atomic E-state index is 12.0. The Labute approximate surface area is 157 Å². The Kier molecular flexibility index (Phi) is 5.02. The molecule has 0 saturated carbocycles. The average Bonchev–Trinajstić information content (AvgIpc) is 3.33. The molecule has 1 aliphatic rings. The highest BCUT2D eigenvalue weighted by Crippen LogP contribution is 2.33. The molecule has 2 atom stereocenters. The van der Waals surface area contributed by atoms with Crippen molar-refractivity contribution in [3.63, 3.8) is 0 Å². The van der Waals surface area contributed by atoms with E-state index in [4.69, 9.17) is 15.2 Å². The molecule has 1 fully saturated rings. The fourth-order valence-corrected chi connectivity index (χ4v) is 3.41. The van der Waals surface area contributed by atoms with Gasteiger partial charge in [0.2, 0.25) is 0 Å². The zero-order valence-electron chi connectivity index (χ0n) is 15.0. The van der Waals surface area contributed by atoms with Gasteiger partial charge in [-0.15, -0.1) is 0 Å². The lowest BCUT2D eigenvalue weighted by Crippen LogP contribution is -2.19. The SMILES string of the molecule is Nc1ncnn2c(C3CCC(COC(=O)CCc4ccccc4)O3)ccc12. The summed E-state index contributed by atoms with van der Waals surface area (Å²) < 4.78 is 13.2. The van der Waals surface area contributed by atoms with Crippen molar-refractivity contribution in [3.05, 3.63) is 60.0 Å². The van der Waals surface area contributed by atoms with E-state index in [2.05, 4.69) is 10.1 Å². The van der Waals surface area contributed by atoms with Crippen molar-refractivity contribution in [2.45, 2.75) is 37.9 Å². The van der Waals surface area contributed by atoms with Crippen molar-refractivity contribution in [1.82, 2.24) is 14.6 Å². The van der Waals surface area contributed by atoms with Crippen molar-refractivity contribution in [3.8, 4) is 0 Å². The second-order valence-electron chi connectivity index (χ2n) is 6.69. The molecule has 0 radical (unpaired) electrons. The predicted molar refractivity (Wildman–Crippen MR) is 100.0 cm³/mol. The van der Waals surface area contributed by atoms with E-state index in [0.717, 1.165) is 29.6 Å². The number of nitrogens with zero attached hydrogens (tertiary/aromatic N) is 3. The number of hydrogen-bond donors (Lipinski definition) is 1. The highest BCUT2D eigenvalue weighted by atomic mass is 16.6. The van der Waals surface area contributed by atoms with Crippen LogP contribution in [-0.2, 0) is 20.7 Å². The molecule has 2 aromatic heterocycles. The fraction of sp³-hybridized carbons (Fsp3) is 0.350. The number of benzene rings is 1. The van der Waals surface area contributed by atoms with Crippen LogP contribution in [0.5, 0.6) is 0 Å². The number of hydrogen-bond acceptors (Lipinski definition) is 6.